The number of hydrogen-bond acceptors (Lipinski definition) is 1. The van der Waals surface area contributed by atoms with Gasteiger partial charge in [-0.1, -0.05) is 24.9 Å². The molecule has 7 heteroatoms. The summed E-state index contributed by atoms with van der Waals surface area (Å²) in [7, 11) is 0. The Morgan fingerprint density at radius 2 is 1.89 bits per heavy atom. The molecule has 1 atom stereocenters. The van der Waals surface area contributed by atoms with E-state index in [9.17, 15) is 17.6 Å². The summed E-state index contributed by atoms with van der Waals surface area (Å²) in [5, 5.41) is -0.348. The van der Waals surface area contributed by atoms with Crippen molar-refractivity contribution in [2.24, 2.45) is 5.73 Å². The van der Waals surface area contributed by atoms with Gasteiger partial charge < -0.3 is 5.73 Å². The quantitative estimate of drug-likeness (QED) is 0.803. The molecule has 0 unspecified atom stereocenters. The van der Waals surface area contributed by atoms with Crippen LogP contribution in [0.1, 0.15) is 36.9 Å². The minimum absolute atomic E-state index is 0. The molecule has 0 aromatic heterocycles. The molecule has 0 saturated heterocycles. The van der Waals surface area contributed by atoms with Gasteiger partial charge in [0, 0.05) is 11.6 Å². The van der Waals surface area contributed by atoms with Gasteiger partial charge in [0.05, 0.1) is 10.6 Å². The summed E-state index contributed by atoms with van der Waals surface area (Å²) in [6.07, 6.45) is -3.81. The average molecular weight is 306 g/mol. The Morgan fingerprint density at radius 1 is 1.33 bits per heavy atom. The number of rotatable bonds is 3. The zero-order chi connectivity index (χ0) is 13.2. The fourth-order valence-electron chi connectivity index (χ4n) is 1.63. The van der Waals surface area contributed by atoms with Gasteiger partial charge in [0.2, 0.25) is 0 Å². The second-order valence-electron chi connectivity index (χ2n) is 3.72. The van der Waals surface area contributed by atoms with Crippen molar-refractivity contribution < 1.29 is 17.6 Å². The van der Waals surface area contributed by atoms with Crippen LogP contribution in [0.5, 0.6) is 0 Å². The standard InChI is InChI=1S/C11H12ClF4N.ClH/c1-2-3-8(17)9-6(11(14,15)16)4-5-7(12)10(9)13;/h4-5,8H,2-3,17H2,1H3;1H/t8-;/m1./s1. The van der Waals surface area contributed by atoms with E-state index in [0.717, 1.165) is 12.1 Å². The van der Waals surface area contributed by atoms with Gasteiger partial charge >= 0.3 is 6.18 Å². The molecule has 104 valence electrons. The van der Waals surface area contributed by atoms with Crippen molar-refractivity contribution in [2.75, 3.05) is 0 Å². The molecule has 0 bridgehead atoms. The number of benzene rings is 1. The summed E-state index contributed by atoms with van der Waals surface area (Å²) in [4.78, 5) is 0. The smallest absolute Gasteiger partial charge is 0.324 e. The third-order valence-electron chi connectivity index (χ3n) is 2.41. The molecule has 0 aliphatic rings. The molecule has 0 saturated carbocycles. The van der Waals surface area contributed by atoms with Crippen LogP contribution < -0.4 is 5.73 Å². The van der Waals surface area contributed by atoms with E-state index >= 15 is 0 Å². The minimum atomic E-state index is -4.63. The second-order valence-corrected chi connectivity index (χ2v) is 4.12. The summed E-state index contributed by atoms with van der Waals surface area (Å²) in [5.74, 6) is -1.08. The largest absolute Gasteiger partial charge is 0.416 e. The molecular formula is C11H13Cl2F4N. The van der Waals surface area contributed by atoms with E-state index in [-0.39, 0.29) is 23.9 Å². The maximum Gasteiger partial charge on any atom is 0.416 e. The van der Waals surface area contributed by atoms with E-state index < -0.39 is 29.2 Å². The van der Waals surface area contributed by atoms with Gasteiger partial charge in [0.25, 0.3) is 0 Å². The maximum absolute atomic E-state index is 13.7. The SMILES string of the molecule is CCC[C@@H](N)c1c(C(F)(F)F)ccc(Cl)c1F.Cl. The van der Waals surface area contributed by atoms with Crippen molar-refractivity contribution in [1.29, 1.82) is 0 Å². The molecule has 1 aromatic rings. The Kier molecular flexibility index (Phi) is 6.40. The third-order valence-corrected chi connectivity index (χ3v) is 2.70. The molecule has 2 N–H and O–H groups in total. The number of halogens is 6. The van der Waals surface area contributed by atoms with Gasteiger partial charge in [-0.2, -0.15) is 13.2 Å². The molecule has 1 aromatic carbocycles. The molecule has 0 aliphatic heterocycles. The van der Waals surface area contributed by atoms with Crippen molar-refractivity contribution in [2.45, 2.75) is 32.0 Å². The van der Waals surface area contributed by atoms with Crippen molar-refractivity contribution >= 4 is 24.0 Å². The Bertz CT molecular complexity index is 407. The molecule has 0 amide bonds. The maximum atomic E-state index is 13.7. The first kappa shape index (κ1) is 17.5. The summed E-state index contributed by atoms with van der Waals surface area (Å²) < 4.78 is 51.7. The summed E-state index contributed by atoms with van der Waals surface area (Å²) in [6.45, 7) is 1.76. The highest BCUT2D eigenvalue weighted by molar-refractivity contribution is 6.30. The molecule has 0 radical (unpaired) electrons. The summed E-state index contributed by atoms with van der Waals surface area (Å²) in [5.41, 5.74) is 3.97. The van der Waals surface area contributed by atoms with Gasteiger partial charge in [-0.25, -0.2) is 4.39 Å². The molecule has 0 fully saturated rings. The Morgan fingerprint density at radius 3 is 2.33 bits per heavy atom. The highest BCUT2D eigenvalue weighted by Gasteiger charge is 2.36. The zero-order valence-corrected chi connectivity index (χ0v) is 11.1. The van der Waals surface area contributed by atoms with Gasteiger partial charge in [-0.15, -0.1) is 12.4 Å². The first-order valence-corrected chi connectivity index (χ1v) is 5.47. The lowest BCUT2D eigenvalue weighted by Gasteiger charge is -2.19. The van der Waals surface area contributed by atoms with Crippen LogP contribution in [0.2, 0.25) is 5.02 Å². The van der Waals surface area contributed by atoms with Gasteiger partial charge in [-0.05, 0) is 18.6 Å². The fraction of sp³-hybridized carbons (Fsp3) is 0.455. The molecule has 1 rings (SSSR count). The highest BCUT2D eigenvalue weighted by atomic mass is 35.5. The molecular weight excluding hydrogens is 293 g/mol. The van der Waals surface area contributed by atoms with Crippen LogP contribution in [0, 0.1) is 5.82 Å². The van der Waals surface area contributed by atoms with Crippen LogP contribution >= 0.6 is 24.0 Å². The van der Waals surface area contributed by atoms with Gasteiger partial charge in [-0.3, -0.25) is 0 Å². The van der Waals surface area contributed by atoms with Crippen molar-refractivity contribution in [3.8, 4) is 0 Å². The third kappa shape index (κ3) is 3.73. The fourth-order valence-corrected chi connectivity index (χ4v) is 1.80. The lowest BCUT2D eigenvalue weighted by atomic mass is 9.96. The van der Waals surface area contributed by atoms with E-state index in [0.29, 0.717) is 6.42 Å². The minimum Gasteiger partial charge on any atom is -0.324 e. The first-order chi connectivity index (χ1) is 7.79. The van der Waals surface area contributed by atoms with Crippen LogP contribution in [0.3, 0.4) is 0 Å². The lowest BCUT2D eigenvalue weighted by molar-refractivity contribution is -0.138. The Hall–Kier alpha value is -0.520. The highest BCUT2D eigenvalue weighted by Crippen LogP contribution is 2.38. The number of nitrogens with two attached hydrogens (primary N) is 1. The summed E-state index contributed by atoms with van der Waals surface area (Å²) in [6, 6.07) is 0.647. The van der Waals surface area contributed by atoms with E-state index in [1.54, 1.807) is 6.92 Å². The second kappa shape index (κ2) is 6.59. The normalized spacial score (nSPS) is 13.1. The molecule has 0 heterocycles. The van der Waals surface area contributed by atoms with E-state index in [4.69, 9.17) is 17.3 Å². The van der Waals surface area contributed by atoms with Gasteiger partial charge in [0.1, 0.15) is 5.82 Å². The van der Waals surface area contributed by atoms with Crippen molar-refractivity contribution in [1.82, 2.24) is 0 Å². The van der Waals surface area contributed by atoms with Crippen molar-refractivity contribution in [3.05, 3.63) is 34.1 Å². The molecule has 1 nitrogen and oxygen atoms in total. The molecule has 0 spiro atoms. The Labute approximate surface area is 114 Å². The van der Waals surface area contributed by atoms with Crippen LogP contribution in [0.25, 0.3) is 0 Å². The first-order valence-electron chi connectivity index (χ1n) is 5.09. The Balaban J connectivity index is 0.00000289. The number of alkyl halides is 3. The van der Waals surface area contributed by atoms with E-state index in [2.05, 4.69) is 0 Å². The van der Waals surface area contributed by atoms with Crippen LogP contribution in [0.4, 0.5) is 17.6 Å². The zero-order valence-electron chi connectivity index (χ0n) is 9.52. The average Bonchev–Trinajstić information content (AvgIpc) is 2.20. The summed E-state index contributed by atoms with van der Waals surface area (Å²) >= 11 is 5.48. The van der Waals surface area contributed by atoms with Gasteiger partial charge in [0.15, 0.2) is 0 Å². The monoisotopic (exact) mass is 305 g/mol. The van der Waals surface area contributed by atoms with Crippen LogP contribution in [-0.4, -0.2) is 0 Å². The molecule has 18 heavy (non-hydrogen) atoms. The predicted octanol–water partition coefficient (Wildman–Crippen LogP) is 4.72. The lowest BCUT2D eigenvalue weighted by Crippen LogP contribution is -2.19. The topological polar surface area (TPSA) is 26.0 Å². The predicted molar refractivity (Wildman–Crippen MR) is 65.5 cm³/mol. The van der Waals surface area contributed by atoms with Crippen LogP contribution in [0.15, 0.2) is 12.1 Å². The van der Waals surface area contributed by atoms with E-state index in [1.807, 2.05) is 0 Å². The van der Waals surface area contributed by atoms with Crippen molar-refractivity contribution in [3.63, 3.8) is 0 Å². The number of hydrogen-bond donors (Lipinski definition) is 1. The van der Waals surface area contributed by atoms with E-state index in [1.165, 1.54) is 0 Å². The van der Waals surface area contributed by atoms with Crippen LogP contribution in [-0.2, 0) is 6.18 Å². The molecule has 0 aliphatic carbocycles.